The molecule has 0 bridgehead atoms. The molecule has 1 aliphatic rings. The van der Waals surface area contributed by atoms with Gasteiger partial charge in [-0.15, -0.1) is 0 Å². The third kappa shape index (κ3) is 5.39. The molecule has 1 aliphatic heterocycles. The van der Waals surface area contributed by atoms with Crippen molar-refractivity contribution in [2.24, 2.45) is 0 Å². The van der Waals surface area contributed by atoms with Gasteiger partial charge in [-0.05, 0) is 13.0 Å². The van der Waals surface area contributed by atoms with Gasteiger partial charge in [-0.2, -0.15) is 8.62 Å². The molecule has 6 atom stereocenters. The molecule has 21 heteroatoms. The van der Waals surface area contributed by atoms with Gasteiger partial charge in [0.15, 0.2) is 11.8 Å². The standard InChI is InChI=1S/C13H20FN4O13P3/c1-12(20)10(19)13(4-14,5-28-33(24,25)31-34(26,27)30-32(21,22)23)29-11(12)18-3-2-7-8(15)16-6-17-9(7)18/h2-3,6,10-11,19-20H,4-5H2,1H3,(H,24,25)(H,26,27)(H2,15,16,17)(H2,21,22,23)/t10-,11+,12+,13+/m0/s1. The van der Waals surface area contributed by atoms with Crippen molar-refractivity contribution in [1.82, 2.24) is 14.5 Å². The molecule has 1 fully saturated rings. The minimum atomic E-state index is -5.83. The number of aromatic nitrogens is 3. The van der Waals surface area contributed by atoms with Gasteiger partial charge in [0.25, 0.3) is 0 Å². The summed E-state index contributed by atoms with van der Waals surface area (Å²) in [7, 11) is -17.1. The van der Waals surface area contributed by atoms with Crippen LogP contribution in [0, 0.1) is 0 Å². The number of anilines is 1. The number of nitrogen functional groups attached to an aromatic ring is 1. The zero-order valence-electron chi connectivity index (χ0n) is 17.0. The molecule has 8 N–H and O–H groups in total. The van der Waals surface area contributed by atoms with E-state index in [9.17, 15) is 38.1 Å². The van der Waals surface area contributed by atoms with E-state index in [1.165, 1.54) is 16.8 Å². The Balaban J connectivity index is 1.86. The largest absolute Gasteiger partial charge is 0.490 e. The fraction of sp³-hybridized carbons (Fsp3) is 0.538. The van der Waals surface area contributed by atoms with Crippen LogP contribution in [0.15, 0.2) is 18.6 Å². The molecule has 3 heterocycles. The average Bonchev–Trinajstić information content (AvgIpc) is 3.17. The van der Waals surface area contributed by atoms with Gasteiger partial charge in [0.2, 0.25) is 0 Å². The smallest absolute Gasteiger partial charge is 0.387 e. The molecule has 3 rings (SSSR count). The van der Waals surface area contributed by atoms with Crippen LogP contribution in [0.1, 0.15) is 13.2 Å². The summed E-state index contributed by atoms with van der Waals surface area (Å²) >= 11 is 0. The molecule has 192 valence electrons. The quantitative estimate of drug-likeness (QED) is 0.197. The summed E-state index contributed by atoms with van der Waals surface area (Å²) in [5.41, 5.74) is 1.11. The lowest BCUT2D eigenvalue weighted by Gasteiger charge is -2.31. The second-order valence-corrected chi connectivity index (χ2v) is 11.8. The number of hydrogen-bond donors (Lipinski definition) is 7. The molecule has 2 aromatic rings. The second-order valence-electron chi connectivity index (χ2n) is 7.38. The minimum Gasteiger partial charge on any atom is -0.387 e. The van der Waals surface area contributed by atoms with Crippen molar-refractivity contribution < 1.29 is 65.8 Å². The summed E-state index contributed by atoms with van der Waals surface area (Å²) < 4.78 is 66.5. The maximum atomic E-state index is 14.1. The summed E-state index contributed by atoms with van der Waals surface area (Å²) in [5.74, 6) is 0.0753. The van der Waals surface area contributed by atoms with Gasteiger partial charge in [-0.25, -0.2) is 28.1 Å². The molecule has 34 heavy (non-hydrogen) atoms. The van der Waals surface area contributed by atoms with Crippen molar-refractivity contribution in [3.63, 3.8) is 0 Å². The van der Waals surface area contributed by atoms with E-state index < -0.39 is 60.3 Å². The van der Waals surface area contributed by atoms with E-state index in [-0.39, 0.29) is 11.5 Å². The van der Waals surface area contributed by atoms with Crippen LogP contribution in [0.2, 0.25) is 0 Å². The monoisotopic (exact) mass is 552 g/mol. The van der Waals surface area contributed by atoms with Crippen LogP contribution in [0.5, 0.6) is 0 Å². The Morgan fingerprint density at radius 1 is 1.21 bits per heavy atom. The highest BCUT2D eigenvalue weighted by atomic mass is 31.3. The predicted octanol–water partition coefficient (Wildman–Crippen LogP) is -0.294. The first-order valence-electron chi connectivity index (χ1n) is 8.93. The molecule has 0 spiro atoms. The molecule has 0 aliphatic carbocycles. The molecule has 0 amide bonds. The Labute approximate surface area is 189 Å². The third-order valence-electron chi connectivity index (χ3n) is 4.81. The van der Waals surface area contributed by atoms with Crippen LogP contribution >= 0.6 is 23.5 Å². The lowest BCUT2D eigenvalue weighted by molar-refractivity contribution is -0.135. The number of aliphatic hydroxyl groups is 2. The van der Waals surface area contributed by atoms with Crippen LogP contribution in [0.4, 0.5) is 10.2 Å². The first-order valence-corrected chi connectivity index (χ1v) is 13.4. The summed E-state index contributed by atoms with van der Waals surface area (Å²) in [6.07, 6.45) is -1.21. The van der Waals surface area contributed by atoms with Crippen LogP contribution < -0.4 is 5.73 Å². The summed E-state index contributed by atoms with van der Waals surface area (Å²) in [4.78, 5) is 43.8. The van der Waals surface area contributed by atoms with E-state index in [4.69, 9.17) is 20.3 Å². The number of nitrogens with zero attached hydrogens (tertiary/aromatic N) is 3. The number of nitrogens with two attached hydrogens (primary N) is 1. The van der Waals surface area contributed by atoms with Gasteiger partial charge in [-0.3, -0.25) is 4.52 Å². The van der Waals surface area contributed by atoms with Crippen molar-refractivity contribution >= 4 is 40.3 Å². The summed E-state index contributed by atoms with van der Waals surface area (Å²) in [6, 6.07) is 1.46. The summed E-state index contributed by atoms with van der Waals surface area (Å²) in [6.45, 7) is -1.87. The number of halogens is 1. The normalized spacial score (nSPS) is 31.4. The number of phosphoric acid groups is 3. The first-order chi connectivity index (χ1) is 15.4. The molecule has 0 saturated carbocycles. The highest BCUT2D eigenvalue weighted by Crippen LogP contribution is 2.66. The Morgan fingerprint density at radius 3 is 2.44 bits per heavy atom. The van der Waals surface area contributed by atoms with E-state index >= 15 is 0 Å². The Hall–Kier alpha value is -1.36. The van der Waals surface area contributed by atoms with Crippen LogP contribution in [-0.4, -0.2) is 74.9 Å². The highest BCUT2D eigenvalue weighted by Gasteiger charge is 2.63. The van der Waals surface area contributed by atoms with Gasteiger partial charge in [0.1, 0.15) is 36.2 Å². The predicted molar refractivity (Wildman–Crippen MR) is 107 cm³/mol. The Kier molecular flexibility index (Phi) is 7.16. The molecule has 0 radical (unpaired) electrons. The van der Waals surface area contributed by atoms with Crippen molar-refractivity contribution in [1.29, 1.82) is 0 Å². The van der Waals surface area contributed by atoms with E-state index in [2.05, 4.69) is 23.1 Å². The molecule has 17 nitrogen and oxygen atoms in total. The van der Waals surface area contributed by atoms with E-state index in [1.807, 2.05) is 0 Å². The molecular formula is C13H20FN4O13P3. The average molecular weight is 552 g/mol. The highest BCUT2D eigenvalue weighted by molar-refractivity contribution is 7.66. The molecular weight excluding hydrogens is 532 g/mol. The van der Waals surface area contributed by atoms with E-state index in [0.717, 1.165) is 13.3 Å². The number of alkyl halides is 1. The maximum Gasteiger partial charge on any atom is 0.490 e. The SMILES string of the molecule is C[C@@]1(O)[C@H](O)[C@@](CF)(COP(=O)(O)OP(=O)(O)OP(=O)(O)O)O[C@H]1n1ccc2c(N)ncnc21. The molecule has 2 unspecified atom stereocenters. The Bertz CT molecular complexity index is 1220. The van der Waals surface area contributed by atoms with Crippen molar-refractivity contribution in [2.75, 3.05) is 19.0 Å². The topological polar surface area (TPSA) is 266 Å². The Morgan fingerprint density at radius 2 is 1.85 bits per heavy atom. The van der Waals surface area contributed by atoms with Gasteiger partial charge in [0, 0.05) is 6.20 Å². The number of hydrogen-bond acceptors (Lipinski definition) is 12. The van der Waals surface area contributed by atoms with E-state index in [1.54, 1.807) is 0 Å². The van der Waals surface area contributed by atoms with E-state index in [0.29, 0.717) is 5.39 Å². The van der Waals surface area contributed by atoms with Gasteiger partial charge in [-0.1, -0.05) is 0 Å². The first kappa shape index (κ1) is 27.2. The number of fused-ring (bicyclic) bond motifs is 1. The summed E-state index contributed by atoms with van der Waals surface area (Å²) in [5, 5.41) is 21.9. The zero-order chi connectivity index (χ0) is 25.7. The molecule has 1 saturated heterocycles. The van der Waals surface area contributed by atoms with Crippen LogP contribution in [0.3, 0.4) is 0 Å². The second kappa shape index (κ2) is 8.94. The lowest BCUT2D eigenvalue weighted by Crippen LogP contribution is -2.53. The van der Waals surface area contributed by atoms with Gasteiger partial charge < -0.3 is 44.8 Å². The zero-order valence-corrected chi connectivity index (χ0v) is 19.7. The number of phosphoric ester groups is 1. The van der Waals surface area contributed by atoms with Crippen molar-refractivity contribution in [2.45, 2.75) is 30.5 Å². The van der Waals surface area contributed by atoms with Crippen LogP contribution in [-0.2, 0) is 31.6 Å². The van der Waals surface area contributed by atoms with Crippen molar-refractivity contribution in [3.8, 4) is 0 Å². The third-order valence-corrected chi connectivity index (χ3v) is 8.59. The fourth-order valence-electron chi connectivity index (χ4n) is 3.34. The number of rotatable bonds is 9. The fourth-order valence-corrected chi connectivity index (χ4v) is 6.42. The number of aliphatic hydroxyl groups excluding tert-OH is 1. The number of ether oxygens (including phenoxy) is 1. The van der Waals surface area contributed by atoms with Crippen molar-refractivity contribution in [3.05, 3.63) is 18.6 Å². The van der Waals surface area contributed by atoms with Crippen LogP contribution in [0.25, 0.3) is 11.0 Å². The van der Waals surface area contributed by atoms with Gasteiger partial charge >= 0.3 is 23.5 Å². The molecule has 2 aromatic heterocycles. The lowest BCUT2D eigenvalue weighted by atomic mass is 9.88. The minimum absolute atomic E-state index is 0.0753. The van der Waals surface area contributed by atoms with Gasteiger partial charge in [0.05, 0.1) is 12.0 Å². The molecule has 0 aromatic carbocycles. The maximum absolute atomic E-state index is 14.1.